The second-order valence-corrected chi connectivity index (χ2v) is 5.96. The van der Waals surface area contributed by atoms with Gasteiger partial charge in [-0.25, -0.2) is 0 Å². The minimum Gasteiger partial charge on any atom is -0.264 e. The van der Waals surface area contributed by atoms with E-state index in [-0.39, 0.29) is 0 Å². The molecule has 1 nitrogen and oxygen atoms in total. The van der Waals surface area contributed by atoms with Crippen molar-refractivity contribution in [2.45, 2.75) is 58.8 Å². The van der Waals surface area contributed by atoms with Crippen LogP contribution in [-0.4, -0.2) is 4.98 Å². The molecule has 20 heavy (non-hydrogen) atoms. The Hall–Kier alpha value is -1.37. The molecule has 2 rings (SSSR count). The van der Waals surface area contributed by atoms with E-state index in [1.54, 1.807) is 5.57 Å². The lowest BCUT2D eigenvalue weighted by Crippen LogP contribution is -1.98. The van der Waals surface area contributed by atoms with Crippen LogP contribution in [0.5, 0.6) is 0 Å². The van der Waals surface area contributed by atoms with Crippen LogP contribution >= 0.6 is 0 Å². The van der Waals surface area contributed by atoms with Crippen molar-refractivity contribution < 1.29 is 0 Å². The van der Waals surface area contributed by atoms with Crippen molar-refractivity contribution in [3.63, 3.8) is 0 Å². The molecule has 0 aliphatic heterocycles. The van der Waals surface area contributed by atoms with Gasteiger partial charge in [0.2, 0.25) is 0 Å². The van der Waals surface area contributed by atoms with Crippen LogP contribution in [0.25, 0.3) is 5.57 Å². The minimum absolute atomic E-state index is 0.758. The summed E-state index contributed by atoms with van der Waals surface area (Å²) in [6.07, 6.45) is 17.6. The highest BCUT2D eigenvalue weighted by Gasteiger charge is 2.11. The molecule has 0 bridgehead atoms. The molecule has 0 N–H and O–H groups in total. The molecule has 108 valence electrons. The average molecular weight is 269 g/mol. The average Bonchev–Trinajstić information content (AvgIpc) is 2.56. The zero-order valence-electron chi connectivity index (χ0n) is 12.9. The molecule has 1 heterocycles. The molecule has 0 spiro atoms. The van der Waals surface area contributed by atoms with Crippen molar-refractivity contribution in [1.29, 1.82) is 0 Å². The van der Waals surface area contributed by atoms with Gasteiger partial charge in [0.25, 0.3) is 0 Å². The molecule has 0 amide bonds. The van der Waals surface area contributed by atoms with Gasteiger partial charge in [0.15, 0.2) is 0 Å². The second kappa shape index (κ2) is 8.04. The maximum atomic E-state index is 4.27. The van der Waals surface area contributed by atoms with E-state index in [2.05, 4.69) is 37.0 Å². The van der Waals surface area contributed by atoms with Gasteiger partial charge in [-0.3, -0.25) is 4.98 Å². The fourth-order valence-electron chi connectivity index (χ4n) is 2.99. The van der Waals surface area contributed by atoms with Crippen molar-refractivity contribution in [2.75, 3.05) is 0 Å². The maximum Gasteiger partial charge on any atom is 0.0342 e. The molecule has 1 aromatic rings. The van der Waals surface area contributed by atoms with E-state index >= 15 is 0 Å². The molecule has 0 radical (unpaired) electrons. The van der Waals surface area contributed by atoms with Crippen LogP contribution in [0.2, 0.25) is 0 Å². The molecule has 1 unspecified atom stereocenters. The molecule has 1 heteroatoms. The quantitative estimate of drug-likeness (QED) is 0.630. The predicted octanol–water partition coefficient (Wildman–Crippen LogP) is 5.79. The molecule has 0 saturated carbocycles. The summed E-state index contributed by atoms with van der Waals surface area (Å²) in [6.45, 7) is 4.58. The topological polar surface area (TPSA) is 12.9 Å². The van der Waals surface area contributed by atoms with E-state index in [0.717, 1.165) is 12.3 Å². The van der Waals surface area contributed by atoms with E-state index < -0.39 is 0 Å². The number of hydrogen-bond donors (Lipinski definition) is 0. The van der Waals surface area contributed by atoms with Gasteiger partial charge in [-0.15, -0.1) is 0 Å². The first-order valence-corrected chi connectivity index (χ1v) is 8.06. The fraction of sp³-hybridized carbons (Fsp3) is 0.526. The summed E-state index contributed by atoms with van der Waals surface area (Å²) in [5.74, 6) is 0.758. The fourth-order valence-corrected chi connectivity index (χ4v) is 2.99. The highest BCUT2D eigenvalue weighted by atomic mass is 14.6. The van der Waals surface area contributed by atoms with Crippen molar-refractivity contribution >= 4 is 5.57 Å². The molecule has 0 fully saturated rings. The molecular weight excluding hydrogens is 242 g/mol. The third kappa shape index (κ3) is 4.63. The highest BCUT2D eigenvalue weighted by molar-refractivity contribution is 5.64. The molecule has 1 atom stereocenters. The summed E-state index contributed by atoms with van der Waals surface area (Å²) in [4.78, 5) is 4.27. The zero-order chi connectivity index (χ0) is 14.2. The van der Waals surface area contributed by atoms with E-state index in [1.165, 1.54) is 49.7 Å². The normalized spacial score (nSPS) is 25.6. The molecular formula is C19H27N. The maximum absolute atomic E-state index is 4.27. The molecule has 1 aliphatic carbocycles. The van der Waals surface area contributed by atoms with Gasteiger partial charge in [0.1, 0.15) is 0 Å². The van der Waals surface area contributed by atoms with Gasteiger partial charge in [-0.05, 0) is 62.1 Å². The van der Waals surface area contributed by atoms with E-state index in [4.69, 9.17) is 0 Å². The van der Waals surface area contributed by atoms with Crippen LogP contribution in [0.1, 0.15) is 64.4 Å². The van der Waals surface area contributed by atoms with Gasteiger partial charge < -0.3 is 0 Å². The third-order valence-corrected chi connectivity index (χ3v) is 4.19. The molecule has 1 aromatic heterocycles. The standard InChI is InChI=1S/C19H27N/c1-3-4-8-17-11-12-18(9-5-7-16(2)14-17)19-10-6-13-20-15-19/h6,9-10,13-15,17H,3-5,7-8,11-12H2,1-2H3/b16-14+,18-9+. The number of pyridine rings is 1. The van der Waals surface area contributed by atoms with Gasteiger partial charge in [0, 0.05) is 12.4 Å². The predicted molar refractivity (Wildman–Crippen MR) is 87.5 cm³/mol. The SMILES string of the molecule is CCCCC1/C=C(\C)CC/C=C(/c2cccnc2)CC1. The van der Waals surface area contributed by atoms with Crippen LogP contribution in [0.15, 0.2) is 42.3 Å². The first kappa shape index (κ1) is 15.0. The summed E-state index contributed by atoms with van der Waals surface area (Å²) < 4.78 is 0. The van der Waals surface area contributed by atoms with Gasteiger partial charge in [-0.2, -0.15) is 0 Å². The minimum atomic E-state index is 0.758. The summed E-state index contributed by atoms with van der Waals surface area (Å²) in [7, 11) is 0. The van der Waals surface area contributed by atoms with E-state index in [0.29, 0.717) is 0 Å². The van der Waals surface area contributed by atoms with E-state index in [1.807, 2.05) is 18.5 Å². The van der Waals surface area contributed by atoms with Gasteiger partial charge in [-0.1, -0.05) is 43.6 Å². The summed E-state index contributed by atoms with van der Waals surface area (Å²) in [5, 5.41) is 0. The van der Waals surface area contributed by atoms with E-state index in [9.17, 15) is 0 Å². The first-order valence-electron chi connectivity index (χ1n) is 8.06. The summed E-state index contributed by atoms with van der Waals surface area (Å²) in [6, 6.07) is 4.24. The zero-order valence-corrected chi connectivity index (χ0v) is 12.9. The van der Waals surface area contributed by atoms with Crippen LogP contribution in [0.3, 0.4) is 0 Å². The third-order valence-electron chi connectivity index (χ3n) is 4.19. The van der Waals surface area contributed by atoms with Crippen LogP contribution in [-0.2, 0) is 0 Å². The second-order valence-electron chi connectivity index (χ2n) is 5.96. The Kier molecular flexibility index (Phi) is 6.04. The van der Waals surface area contributed by atoms with Crippen molar-refractivity contribution in [2.24, 2.45) is 5.92 Å². The van der Waals surface area contributed by atoms with Crippen LogP contribution in [0.4, 0.5) is 0 Å². The number of hydrogen-bond acceptors (Lipinski definition) is 1. The lowest BCUT2D eigenvalue weighted by molar-refractivity contribution is 0.522. The van der Waals surface area contributed by atoms with Gasteiger partial charge in [0.05, 0.1) is 0 Å². The summed E-state index contributed by atoms with van der Waals surface area (Å²) in [5.41, 5.74) is 4.36. The Bertz CT molecular complexity index is 456. The van der Waals surface area contributed by atoms with Crippen molar-refractivity contribution in [1.82, 2.24) is 4.98 Å². The Morgan fingerprint density at radius 2 is 2.20 bits per heavy atom. The van der Waals surface area contributed by atoms with Gasteiger partial charge >= 0.3 is 0 Å². The summed E-state index contributed by atoms with van der Waals surface area (Å²) >= 11 is 0. The Labute approximate surface area is 123 Å². The Balaban J connectivity index is 2.09. The number of nitrogens with zero attached hydrogens (tertiary/aromatic N) is 1. The Morgan fingerprint density at radius 1 is 1.30 bits per heavy atom. The first-order chi connectivity index (χ1) is 9.79. The van der Waals surface area contributed by atoms with Crippen molar-refractivity contribution in [3.05, 3.63) is 47.8 Å². The Morgan fingerprint density at radius 3 is 2.95 bits per heavy atom. The number of rotatable bonds is 4. The highest BCUT2D eigenvalue weighted by Crippen LogP contribution is 2.28. The number of allylic oxidation sites excluding steroid dienone is 4. The smallest absolute Gasteiger partial charge is 0.0342 e. The molecule has 0 saturated heterocycles. The van der Waals surface area contributed by atoms with Crippen LogP contribution < -0.4 is 0 Å². The molecule has 0 aromatic carbocycles. The lowest BCUT2D eigenvalue weighted by Gasteiger charge is -2.14. The lowest BCUT2D eigenvalue weighted by atomic mass is 9.92. The van der Waals surface area contributed by atoms with Crippen LogP contribution in [0, 0.1) is 5.92 Å². The number of aromatic nitrogens is 1. The van der Waals surface area contributed by atoms with Crippen molar-refractivity contribution in [3.8, 4) is 0 Å². The monoisotopic (exact) mass is 269 g/mol. The number of unbranched alkanes of at least 4 members (excludes halogenated alkanes) is 1. The largest absolute Gasteiger partial charge is 0.264 e. The molecule has 1 aliphatic rings.